The molecule has 1 aliphatic heterocycles. The number of amides is 1. The van der Waals surface area contributed by atoms with E-state index in [1.54, 1.807) is 12.3 Å². The number of carbonyl (C=O) groups is 1. The van der Waals surface area contributed by atoms with Crippen molar-refractivity contribution in [2.75, 3.05) is 13.1 Å². The van der Waals surface area contributed by atoms with Gasteiger partial charge in [-0.1, -0.05) is 6.07 Å². The van der Waals surface area contributed by atoms with Crippen molar-refractivity contribution in [1.82, 2.24) is 19.4 Å². The first-order valence-corrected chi connectivity index (χ1v) is 8.44. The van der Waals surface area contributed by atoms with Gasteiger partial charge in [0.15, 0.2) is 0 Å². The molecule has 0 N–H and O–H groups in total. The van der Waals surface area contributed by atoms with Crippen LogP contribution in [0.15, 0.2) is 30.6 Å². The molecule has 2 aliphatic rings. The van der Waals surface area contributed by atoms with Crippen molar-refractivity contribution in [3.05, 3.63) is 47.8 Å². The highest BCUT2D eigenvalue weighted by Gasteiger charge is 2.32. The molecule has 0 aromatic carbocycles. The fraction of sp³-hybridized carbons (Fsp3) is 0.500. The fourth-order valence-corrected chi connectivity index (χ4v) is 3.46. The summed E-state index contributed by atoms with van der Waals surface area (Å²) in [7, 11) is 0. The zero-order chi connectivity index (χ0) is 15.8. The van der Waals surface area contributed by atoms with Crippen molar-refractivity contribution < 1.29 is 4.79 Å². The normalized spacial score (nSPS) is 20.9. The molecule has 0 spiro atoms. The molecular weight excluding hydrogens is 288 g/mol. The Morgan fingerprint density at radius 2 is 2.13 bits per heavy atom. The molecule has 23 heavy (non-hydrogen) atoms. The predicted molar refractivity (Wildman–Crippen MR) is 87.2 cm³/mol. The van der Waals surface area contributed by atoms with Crippen molar-refractivity contribution in [3.8, 4) is 0 Å². The Morgan fingerprint density at radius 1 is 1.26 bits per heavy atom. The molecule has 1 unspecified atom stereocenters. The minimum absolute atomic E-state index is 0.0536. The van der Waals surface area contributed by atoms with Gasteiger partial charge in [0, 0.05) is 43.6 Å². The number of hydrogen-bond donors (Lipinski definition) is 0. The Bertz CT molecular complexity index is 705. The molecule has 4 rings (SSSR count). The van der Waals surface area contributed by atoms with Crippen LogP contribution in [0.5, 0.6) is 0 Å². The van der Waals surface area contributed by atoms with Gasteiger partial charge in [-0.05, 0) is 44.2 Å². The highest BCUT2D eigenvalue weighted by Crippen LogP contribution is 2.40. The summed E-state index contributed by atoms with van der Waals surface area (Å²) in [5.41, 5.74) is 1.78. The molecule has 120 valence electrons. The number of carbonyl (C=O) groups excluding carboxylic acids is 1. The molecule has 2 fully saturated rings. The van der Waals surface area contributed by atoms with Crippen LogP contribution < -0.4 is 0 Å². The van der Waals surface area contributed by atoms with Crippen LogP contribution >= 0.6 is 0 Å². The minimum atomic E-state index is 0.0536. The van der Waals surface area contributed by atoms with Crippen LogP contribution in [0.2, 0.25) is 0 Å². The number of aryl methyl sites for hydroxylation is 1. The maximum atomic E-state index is 12.5. The smallest absolute Gasteiger partial charge is 0.272 e. The van der Waals surface area contributed by atoms with Gasteiger partial charge in [0.1, 0.15) is 11.5 Å². The molecule has 2 aromatic heterocycles. The third-order valence-electron chi connectivity index (χ3n) is 4.93. The van der Waals surface area contributed by atoms with Crippen molar-refractivity contribution in [2.24, 2.45) is 5.92 Å². The Morgan fingerprint density at radius 3 is 2.87 bits per heavy atom. The number of hydrogen-bond acceptors (Lipinski definition) is 3. The van der Waals surface area contributed by atoms with E-state index in [4.69, 9.17) is 0 Å². The summed E-state index contributed by atoms with van der Waals surface area (Å²) >= 11 is 0. The van der Waals surface area contributed by atoms with Crippen LogP contribution in [0.3, 0.4) is 0 Å². The first-order chi connectivity index (χ1) is 11.2. The van der Waals surface area contributed by atoms with Crippen LogP contribution in [0.1, 0.15) is 47.2 Å². The second-order valence-electron chi connectivity index (χ2n) is 6.76. The number of likely N-dealkylation sites (tertiary alicyclic amines) is 1. The first-order valence-electron chi connectivity index (χ1n) is 8.44. The largest absolute Gasteiger partial charge is 0.337 e. The molecule has 1 aliphatic carbocycles. The zero-order valence-electron chi connectivity index (χ0n) is 13.5. The van der Waals surface area contributed by atoms with E-state index >= 15 is 0 Å². The molecule has 3 heterocycles. The molecule has 5 nitrogen and oxygen atoms in total. The lowest BCUT2D eigenvalue weighted by Gasteiger charge is -2.17. The second-order valence-corrected chi connectivity index (χ2v) is 6.76. The van der Waals surface area contributed by atoms with Crippen LogP contribution in [-0.4, -0.2) is 38.4 Å². The summed E-state index contributed by atoms with van der Waals surface area (Å²) < 4.78 is 2.37. The zero-order valence-corrected chi connectivity index (χ0v) is 13.5. The molecule has 0 radical (unpaired) electrons. The second kappa shape index (κ2) is 5.80. The Hall–Kier alpha value is -2.17. The monoisotopic (exact) mass is 310 g/mol. The van der Waals surface area contributed by atoms with Crippen molar-refractivity contribution in [3.63, 3.8) is 0 Å². The van der Waals surface area contributed by atoms with Gasteiger partial charge in [-0.15, -0.1) is 0 Å². The Balaban J connectivity index is 1.43. The molecule has 1 saturated heterocycles. The minimum Gasteiger partial charge on any atom is -0.337 e. The van der Waals surface area contributed by atoms with Gasteiger partial charge in [-0.3, -0.25) is 9.78 Å². The lowest BCUT2D eigenvalue weighted by Crippen LogP contribution is -2.30. The summed E-state index contributed by atoms with van der Waals surface area (Å²) in [5.74, 6) is 2.47. The van der Waals surface area contributed by atoms with Gasteiger partial charge in [0.05, 0.1) is 0 Å². The van der Waals surface area contributed by atoms with Gasteiger partial charge in [0.25, 0.3) is 5.91 Å². The highest BCUT2D eigenvalue weighted by molar-refractivity contribution is 5.92. The van der Waals surface area contributed by atoms with Crippen molar-refractivity contribution >= 4 is 5.91 Å². The van der Waals surface area contributed by atoms with E-state index in [-0.39, 0.29) is 5.91 Å². The lowest BCUT2D eigenvalue weighted by atomic mass is 10.1. The molecular formula is C18H22N4O. The van der Waals surface area contributed by atoms with Crippen LogP contribution in [0, 0.1) is 12.8 Å². The molecule has 2 aromatic rings. The third kappa shape index (κ3) is 2.87. The van der Waals surface area contributed by atoms with E-state index in [2.05, 4.69) is 21.5 Å². The SMILES string of the molecule is Cc1cnc(C2CC2)n1CC1CCN(C(=O)c2ccccn2)C1. The Labute approximate surface area is 136 Å². The van der Waals surface area contributed by atoms with E-state index in [0.717, 1.165) is 26.1 Å². The van der Waals surface area contributed by atoms with Crippen LogP contribution in [0.4, 0.5) is 0 Å². The van der Waals surface area contributed by atoms with E-state index in [1.165, 1.54) is 24.4 Å². The van der Waals surface area contributed by atoms with Crippen molar-refractivity contribution in [2.45, 2.75) is 38.6 Å². The summed E-state index contributed by atoms with van der Waals surface area (Å²) in [5, 5.41) is 0. The number of aromatic nitrogens is 3. The van der Waals surface area contributed by atoms with Crippen LogP contribution in [-0.2, 0) is 6.54 Å². The molecule has 5 heteroatoms. The summed E-state index contributed by atoms with van der Waals surface area (Å²) in [6.07, 6.45) is 7.26. The first kappa shape index (κ1) is 14.4. The Kier molecular flexibility index (Phi) is 3.63. The number of rotatable bonds is 4. The predicted octanol–water partition coefficient (Wildman–Crippen LogP) is 2.63. The molecule has 1 atom stereocenters. The van der Waals surface area contributed by atoms with E-state index in [0.29, 0.717) is 17.5 Å². The fourth-order valence-electron chi connectivity index (χ4n) is 3.46. The molecule has 1 amide bonds. The third-order valence-corrected chi connectivity index (χ3v) is 4.93. The van der Waals surface area contributed by atoms with E-state index < -0.39 is 0 Å². The maximum Gasteiger partial charge on any atom is 0.272 e. The van der Waals surface area contributed by atoms with Gasteiger partial charge in [-0.25, -0.2) is 4.98 Å². The van der Waals surface area contributed by atoms with Gasteiger partial charge in [-0.2, -0.15) is 0 Å². The standard InChI is InChI=1S/C18H22N4O/c1-13-10-20-17(15-5-6-15)22(13)12-14-7-9-21(11-14)18(23)16-4-2-3-8-19-16/h2-4,8,10,14-15H,5-7,9,11-12H2,1H3. The van der Waals surface area contributed by atoms with Gasteiger partial charge < -0.3 is 9.47 Å². The summed E-state index contributed by atoms with van der Waals surface area (Å²) in [4.78, 5) is 23.2. The van der Waals surface area contributed by atoms with Gasteiger partial charge >= 0.3 is 0 Å². The molecule has 1 saturated carbocycles. The van der Waals surface area contributed by atoms with Gasteiger partial charge in [0.2, 0.25) is 0 Å². The van der Waals surface area contributed by atoms with E-state index in [1.807, 2.05) is 23.2 Å². The van der Waals surface area contributed by atoms with E-state index in [9.17, 15) is 4.79 Å². The molecule has 0 bridgehead atoms. The number of pyridine rings is 1. The topological polar surface area (TPSA) is 51.0 Å². The van der Waals surface area contributed by atoms with Crippen LogP contribution in [0.25, 0.3) is 0 Å². The number of nitrogens with zero attached hydrogens (tertiary/aromatic N) is 4. The summed E-state index contributed by atoms with van der Waals surface area (Å²) in [6.45, 7) is 4.75. The lowest BCUT2D eigenvalue weighted by molar-refractivity contribution is 0.0780. The summed E-state index contributed by atoms with van der Waals surface area (Å²) in [6, 6.07) is 5.50. The van der Waals surface area contributed by atoms with Crippen molar-refractivity contribution in [1.29, 1.82) is 0 Å². The number of imidazole rings is 1. The average molecular weight is 310 g/mol. The average Bonchev–Trinajstić information content (AvgIpc) is 3.21. The highest BCUT2D eigenvalue weighted by atomic mass is 16.2. The quantitative estimate of drug-likeness (QED) is 0.872. The maximum absolute atomic E-state index is 12.5.